The molecule has 3 nitrogen and oxygen atoms in total. The minimum atomic E-state index is -0.333. The summed E-state index contributed by atoms with van der Waals surface area (Å²) in [5.41, 5.74) is 0.257. The molecule has 0 radical (unpaired) electrons. The van der Waals surface area contributed by atoms with Crippen molar-refractivity contribution in [2.45, 2.75) is 31.8 Å². The molecular weight excluding hydrogens is 200 g/mol. The second-order valence-electron chi connectivity index (χ2n) is 3.42. The van der Waals surface area contributed by atoms with Gasteiger partial charge in [-0.3, -0.25) is 0 Å². The molecule has 0 spiro atoms. The number of carbonyl (C=O) groups excluding carboxylic acids is 1. The van der Waals surface area contributed by atoms with Crippen LogP contribution in [0.15, 0.2) is 12.2 Å². The Bertz CT molecular complexity index is 227. The number of ether oxygens (including phenoxy) is 2. The highest BCUT2D eigenvalue weighted by atomic mass is 32.2. The second-order valence-corrected chi connectivity index (χ2v) is 4.69. The lowest BCUT2D eigenvalue weighted by molar-refractivity contribution is -0.142. The van der Waals surface area contributed by atoms with E-state index >= 15 is 0 Å². The monoisotopic (exact) mass is 216 g/mol. The molecule has 0 aromatic rings. The zero-order chi connectivity index (χ0) is 10.6. The lowest BCUT2D eigenvalue weighted by Crippen LogP contribution is -2.20. The smallest absolute Gasteiger partial charge is 0.334 e. The maximum Gasteiger partial charge on any atom is 0.334 e. The van der Waals surface area contributed by atoms with Crippen LogP contribution in [0.5, 0.6) is 0 Å². The van der Waals surface area contributed by atoms with E-state index in [0.717, 1.165) is 12.2 Å². The normalized spacial score (nSPS) is 27.9. The number of thioether (sulfide) groups is 1. The SMILES string of the molecule is C=C(C)C(=O)OC1COC(C)CCS1. The predicted molar refractivity (Wildman–Crippen MR) is 57.2 cm³/mol. The summed E-state index contributed by atoms with van der Waals surface area (Å²) in [6.45, 7) is 7.69. The minimum Gasteiger partial charge on any atom is -0.445 e. The number of hydrogen-bond acceptors (Lipinski definition) is 4. The van der Waals surface area contributed by atoms with Gasteiger partial charge in [0, 0.05) is 5.57 Å². The lowest BCUT2D eigenvalue weighted by Gasteiger charge is -2.14. The van der Waals surface area contributed by atoms with E-state index in [9.17, 15) is 4.79 Å². The van der Waals surface area contributed by atoms with Crippen LogP contribution in [0.2, 0.25) is 0 Å². The van der Waals surface area contributed by atoms with Crippen LogP contribution in [-0.4, -0.2) is 29.9 Å². The second kappa shape index (κ2) is 5.41. The minimum absolute atomic E-state index is 0.177. The summed E-state index contributed by atoms with van der Waals surface area (Å²) in [5, 5.41) is 0. The van der Waals surface area contributed by atoms with Gasteiger partial charge in [0.2, 0.25) is 0 Å². The highest BCUT2D eigenvalue weighted by molar-refractivity contribution is 7.99. The van der Waals surface area contributed by atoms with Crippen LogP contribution in [0.25, 0.3) is 0 Å². The van der Waals surface area contributed by atoms with Crippen molar-refractivity contribution >= 4 is 17.7 Å². The maximum absolute atomic E-state index is 11.2. The highest BCUT2D eigenvalue weighted by Crippen LogP contribution is 2.21. The molecule has 1 aliphatic heterocycles. The molecule has 1 fully saturated rings. The van der Waals surface area contributed by atoms with Crippen molar-refractivity contribution in [1.29, 1.82) is 0 Å². The highest BCUT2D eigenvalue weighted by Gasteiger charge is 2.20. The van der Waals surface area contributed by atoms with Gasteiger partial charge in [-0.15, -0.1) is 11.8 Å². The molecule has 0 amide bonds. The molecule has 2 atom stereocenters. The Balaban J connectivity index is 2.37. The van der Waals surface area contributed by atoms with Gasteiger partial charge in [0.05, 0.1) is 12.7 Å². The van der Waals surface area contributed by atoms with Gasteiger partial charge in [0.15, 0.2) is 5.44 Å². The molecule has 1 heterocycles. The molecule has 2 unspecified atom stereocenters. The fourth-order valence-corrected chi connectivity index (χ4v) is 2.09. The fraction of sp³-hybridized carbons (Fsp3) is 0.700. The van der Waals surface area contributed by atoms with E-state index in [1.54, 1.807) is 18.7 Å². The molecular formula is C10H16O3S. The van der Waals surface area contributed by atoms with Gasteiger partial charge in [-0.25, -0.2) is 4.79 Å². The van der Waals surface area contributed by atoms with E-state index in [1.807, 2.05) is 6.92 Å². The number of carbonyl (C=O) groups is 1. The van der Waals surface area contributed by atoms with Gasteiger partial charge in [-0.05, 0) is 26.0 Å². The van der Waals surface area contributed by atoms with Crippen molar-refractivity contribution in [2.24, 2.45) is 0 Å². The summed E-state index contributed by atoms with van der Waals surface area (Å²) in [7, 11) is 0. The van der Waals surface area contributed by atoms with Crippen molar-refractivity contribution in [3.63, 3.8) is 0 Å². The average Bonchev–Trinajstić information content (AvgIpc) is 2.31. The van der Waals surface area contributed by atoms with Crippen LogP contribution in [0, 0.1) is 0 Å². The first-order valence-corrected chi connectivity index (χ1v) is 5.74. The summed E-state index contributed by atoms with van der Waals surface area (Å²) in [5.74, 6) is 0.635. The third-order valence-electron chi connectivity index (χ3n) is 1.93. The number of rotatable bonds is 2. The van der Waals surface area contributed by atoms with Crippen LogP contribution in [0.4, 0.5) is 0 Å². The van der Waals surface area contributed by atoms with E-state index in [-0.39, 0.29) is 17.5 Å². The van der Waals surface area contributed by atoms with E-state index in [0.29, 0.717) is 12.2 Å². The van der Waals surface area contributed by atoms with E-state index < -0.39 is 0 Å². The molecule has 14 heavy (non-hydrogen) atoms. The molecule has 0 aromatic heterocycles. The Kier molecular flexibility index (Phi) is 4.48. The molecule has 0 saturated carbocycles. The predicted octanol–water partition coefficient (Wildman–Crippen LogP) is 1.97. The molecule has 4 heteroatoms. The lowest BCUT2D eigenvalue weighted by atomic mass is 10.3. The molecule has 0 bridgehead atoms. The van der Waals surface area contributed by atoms with Crippen LogP contribution in [0.3, 0.4) is 0 Å². The van der Waals surface area contributed by atoms with Crippen LogP contribution >= 0.6 is 11.8 Å². The Morgan fingerprint density at radius 1 is 1.64 bits per heavy atom. The summed E-state index contributed by atoms with van der Waals surface area (Å²) >= 11 is 1.62. The number of hydrogen-bond donors (Lipinski definition) is 0. The molecule has 0 aromatic carbocycles. The van der Waals surface area contributed by atoms with Gasteiger partial charge in [0.25, 0.3) is 0 Å². The quantitative estimate of drug-likeness (QED) is 0.522. The topological polar surface area (TPSA) is 35.5 Å². The zero-order valence-corrected chi connectivity index (χ0v) is 9.43. The average molecular weight is 216 g/mol. The third-order valence-corrected chi connectivity index (χ3v) is 3.01. The van der Waals surface area contributed by atoms with E-state index in [1.165, 1.54) is 0 Å². The van der Waals surface area contributed by atoms with Crippen molar-refractivity contribution in [1.82, 2.24) is 0 Å². The van der Waals surface area contributed by atoms with Crippen molar-refractivity contribution < 1.29 is 14.3 Å². The Morgan fingerprint density at radius 2 is 2.36 bits per heavy atom. The Hall–Kier alpha value is -0.480. The summed E-state index contributed by atoms with van der Waals surface area (Å²) in [6.07, 6.45) is 1.27. The van der Waals surface area contributed by atoms with Gasteiger partial charge >= 0.3 is 5.97 Å². The summed E-state index contributed by atoms with van der Waals surface area (Å²) in [6, 6.07) is 0. The first-order chi connectivity index (χ1) is 6.59. The zero-order valence-electron chi connectivity index (χ0n) is 8.62. The fourth-order valence-electron chi connectivity index (χ4n) is 1.03. The molecule has 80 valence electrons. The van der Waals surface area contributed by atoms with Crippen molar-refractivity contribution in [3.05, 3.63) is 12.2 Å². The first-order valence-electron chi connectivity index (χ1n) is 4.69. The van der Waals surface area contributed by atoms with Crippen LogP contribution < -0.4 is 0 Å². The van der Waals surface area contributed by atoms with Crippen molar-refractivity contribution in [3.8, 4) is 0 Å². The molecule has 1 saturated heterocycles. The molecule has 0 N–H and O–H groups in total. The summed E-state index contributed by atoms with van der Waals surface area (Å²) in [4.78, 5) is 11.2. The van der Waals surface area contributed by atoms with Gasteiger partial charge in [-0.2, -0.15) is 0 Å². The van der Waals surface area contributed by atoms with Crippen molar-refractivity contribution in [2.75, 3.05) is 12.4 Å². The molecule has 1 rings (SSSR count). The Labute approximate surface area is 88.8 Å². The van der Waals surface area contributed by atoms with E-state index in [4.69, 9.17) is 9.47 Å². The molecule has 1 aliphatic rings. The number of esters is 1. The Morgan fingerprint density at radius 3 is 3.00 bits per heavy atom. The third kappa shape index (κ3) is 3.72. The van der Waals surface area contributed by atoms with E-state index in [2.05, 4.69) is 6.58 Å². The maximum atomic E-state index is 11.2. The first kappa shape index (κ1) is 11.6. The van der Waals surface area contributed by atoms with Gasteiger partial charge < -0.3 is 9.47 Å². The summed E-state index contributed by atoms with van der Waals surface area (Å²) < 4.78 is 10.6. The van der Waals surface area contributed by atoms with Gasteiger partial charge in [0.1, 0.15) is 0 Å². The largest absolute Gasteiger partial charge is 0.445 e. The van der Waals surface area contributed by atoms with Gasteiger partial charge in [-0.1, -0.05) is 6.58 Å². The van der Waals surface area contributed by atoms with Crippen LogP contribution in [0.1, 0.15) is 20.3 Å². The standard InChI is InChI=1S/C10H16O3S/c1-7(2)10(11)13-9-6-12-8(3)4-5-14-9/h8-9H,1,4-6H2,2-3H3. The van der Waals surface area contributed by atoms with Crippen LogP contribution in [-0.2, 0) is 14.3 Å². The molecule has 0 aliphatic carbocycles.